The van der Waals surface area contributed by atoms with Crippen molar-refractivity contribution in [2.45, 2.75) is 95.7 Å². The number of rotatable bonds is 7. The molecule has 1 heterocycles. The van der Waals surface area contributed by atoms with Crippen molar-refractivity contribution in [2.75, 3.05) is 10.7 Å². The average Bonchev–Trinajstić information content (AvgIpc) is 3.37. The van der Waals surface area contributed by atoms with Crippen molar-refractivity contribution in [3.63, 3.8) is 0 Å². The molecule has 3 aliphatic rings. The summed E-state index contributed by atoms with van der Waals surface area (Å²) in [5, 5.41) is 13.3. The van der Waals surface area contributed by atoms with E-state index in [4.69, 9.17) is 0 Å². The fourth-order valence-corrected chi connectivity index (χ4v) is 6.74. The van der Waals surface area contributed by atoms with E-state index in [-0.39, 0.29) is 11.0 Å². The van der Waals surface area contributed by atoms with E-state index in [9.17, 15) is 19.5 Å². The van der Waals surface area contributed by atoms with E-state index in [0.717, 1.165) is 29.4 Å². The molecule has 7 heteroatoms. The predicted molar refractivity (Wildman–Crippen MR) is 158 cm³/mol. The second kappa shape index (κ2) is 14.7. The Morgan fingerprint density at radius 3 is 2.03 bits per heavy atom. The van der Waals surface area contributed by atoms with Crippen LogP contribution in [0.3, 0.4) is 0 Å². The third-order valence-corrected chi connectivity index (χ3v) is 9.24. The number of anilines is 1. The molecule has 1 aliphatic heterocycles. The van der Waals surface area contributed by atoms with Crippen LogP contribution in [-0.2, 0) is 16.0 Å². The maximum atomic E-state index is 12.9. The molecule has 210 valence electrons. The van der Waals surface area contributed by atoms with Gasteiger partial charge in [-0.2, -0.15) is 0 Å². The summed E-state index contributed by atoms with van der Waals surface area (Å²) < 4.78 is 0. The minimum atomic E-state index is -1.02. The number of fused-ring (bicyclic) bond motifs is 1. The third kappa shape index (κ3) is 8.18. The molecule has 0 bridgehead atoms. The van der Waals surface area contributed by atoms with Crippen molar-refractivity contribution >= 4 is 34.4 Å². The molecular formula is C32H42N2O4S. The Labute approximate surface area is 236 Å². The van der Waals surface area contributed by atoms with Crippen molar-refractivity contribution in [1.82, 2.24) is 5.32 Å². The Kier molecular flexibility index (Phi) is 11.0. The Morgan fingerprint density at radius 2 is 1.44 bits per heavy atom. The molecule has 6 nitrogen and oxygen atoms in total. The SMILES string of the molecule is C1CCC(NC2CCCCC2)CC1.C[C@H](CSC(=O)c1ccccc1)C(=O)N1c2ccccc2C[C@H]1C(=O)O. The Bertz CT molecular complexity index is 1080. The number of hydrogen-bond acceptors (Lipinski definition) is 5. The maximum Gasteiger partial charge on any atom is 0.327 e. The van der Waals surface area contributed by atoms with Crippen LogP contribution in [0.15, 0.2) is 54.6 Å². The molecule has 2 aromatic carbocycles. The van der Waals surface area contributed by atoms with Gasteiger partial charge in [-0.25, -0.2) is 4.79 Å². The zero-order valence-electron chi connectivity index (χ0n) is 23.0. The van der Waals surface area contributed by atoms with E-state index in [1.807, 2.05) is 18.2 Å². The number of hydrogen-bond donors (Lipinski definition) is 2. The van der Waals surface area contributed by atoms with Crippen LogP contribution in [0.5, 0.6) is 0 Å². The number of amides is 1. The number of carbonyl (C=O) groups is 3. The molecule has 2 aromatic rings. The highest BCUT2D eigenvalue weighted by atomic mass is 32.2. The van der Waals surface area contributed by atoms with Crippen LogP contribution in [0.25, 0.3) is 0 Å². The maximum absolute atomic E-state index is 12.9. The van der Waals surface area contributed by atoms with E-state index in [1.54, 1.807) is 43.3 Å². The lowest BCUT2D eigenvalue weighted by Crippen LogP contribution is -2.45. The smallest absolute Gasteiger partial charge is 0.327 e. The van der Waals surface area contributed by atoms with Gasteiger partial charge in [-0.1, -0.05) is 106 Å². The second-order valence-electron chi connectivity index (χ2n) is 11.1. The first-order chi connectivity index (χ1) is 18.9. The first kappa shape index (κ1) is 29.3. The van der Waals surface area contributed by atoms with Crippen LogP contribution in [-0.4, -0.2) is 46.0 Å². The largest absolute Gasteiger partial charge is 0.480 e. The number of nitrogens with one attached hydrogen (secondary N) is 1. The van der Waals surface area contributed by atoms with Gasteiger partial charge in [0.2, 0.25) is 11.0 Å². The Morgan fingerprint density at radius 1 is 0.872 bits per heavy atom. The minimum absolute atomic E-state index is 0.0955. The molecule has 2 saturated carbocycles. The van der Waals surface area contributed by atoms with E-state index in [0.29, 0.717) is 23.4 Å². The summed E-state index contributed by atoms with van der Waals surface area (Å²) in [6.45, 7) is 1.73. The average molecular weight is 551 g/mol. The lowest BCUT2D eigenvalue weighted by atomic mass is 9.91. The van der Waals surface area contributed by atoms with Gasteiger partial charge in [0, 0.05) is 41.4 Å². The summed E-state index contributed by atoms with van der Waals surface area (Å²) in [4.78, 5) is 38.1. The molecule has 0 saturated heterocycles. The molecule has 2 fully saturated rings. The van der Waals surface area contributed by atoms with E-state index in [2.05, 4.69) is 5.32 Å². The lowest BCUT2D eigenvalue weighted by Gasteiger charge is -2.30. The topological polar surface area (TPSA) is 86.7 Å². The highest BCUT2D eigenvalue weighted by molar-refractivity contribution is 8.14. The molecule has 0 aromatic heterocycles. The fourth-order valence-electron chi connectivity index (χ4n) is 5.89. The van der Waals surface area contributed by atoms with Gasteiger partial charge >= 0.3 is 5.97 Å². The molecule has 0 radical (unpaired) electrons. The van der Waals surface area contributed by atoms with Crippen molar-refractivity contribution in [1.29, 1.82) is 0 Å². The molecule has 1 amide bonds. The van der Waals surface area contributed by atoms with Gasteiger partial charge in [-0.3, -0.25) is 14.5 Å². The van der Waals surface area contributed by atoms with E-state index >= 15 is 0 Å². The normalized spacial score (nSPS) is 20.4. The van der Waals surface area contributed by atoms with E-state index in [1.165, 1.54) is 69.1 Å². The summed E-state index contributed by atoms with van der Waals surface area (Å²) in [7, 11) is 0. The number of aliphatic carboxylic acids is 1. The van der Waals surface area contributed by atoms with Crippen molar-refractivity contribution in [3.8, 4) is 0 Å². The van der Waals surface area contributed by atoms with Gasteiger partial charge in [0.1, 0.15) is 6.04 Å². The predicted octanol–water partition coefficient (Wildman–Crippen LogP) is 6.48. The van der Waals surface area contributed by atoms with Crippen molar-refractivity contribution in [3.05, 3.63) is 65.7 Å². The molecule has 0 unspecified atom stereocenters. The third-order valence-electron chi connectivity index (χ3n) is 8.08. The van der Waals surface area contributed by atoms with Crippen LogP contribution in [0, 0.1) is 5.92 Å². The van der Waals surface area contributed by atoms with Crippen LogP contribution < -0.4 is 10.2 Å². The lowest BCUT2D eigenvalue weighted by molar-refractivity contribution is -0.140. The molecule has 0 spiro atoms. The van der Waals surface area contributed by atoms with Crippen molar-refractivity contribution in [2.24, 2.45) is 5.92 Å². The van der Waals surface area contributed by atoms with Gasteiger partial charge in [0.25, 0.3) is 0 Å². The molecular weight excluding hydrogens is 508 g/mol. The summed E-state index contributed by atoms with van der Waals surface area (Å²) in [6, 6.07) is 17.0. The quantitative estimate of drug-likeness (QED) is 0.410. The molecule has 2 atom stereocenters. The number of carbonyl (C=O) groups excluding carboxylic acids is 2. The van der Waals surface area contributed by atoms with Crippen LogP contribution >= 0.6 is 11.8 Å². The molecule has 39 heavy (non-hydrogen) atoms. The van der Waals surface area contributed by atoms with Crippen LogP contribution in [0.2, 0.25) is 0 Å². The highest BCUT2D eigenvalue weighted by Crippen LogP contribution is 2.34. The first-order valence-corrected chi connectivity index (χ1v) is 15.5. The van der Waals surface area contributed by atoms with Gasteiger partial charge in [-0.15, -0.1) is 0 Å². The number of carboxylic acids is 1. The van der Waals surface area contributed by atoms with E-state index < -0.39 is 17.9 Å². The second-order valence-corrected chi connectivity index (χ2v) is 12.1. The Hall–Kier alpha value is -2.64. The van der Waals surface area contributed by atoms with Crippen LogP contribution in [0.1, 0.15) is 87.1 Å². The first-order valence-electron chi connectivity index (χ1n) is 14.6. The molecule has 2 N–H and O–H groups in total. The zero-order chi connectivity index (χ0) is 27.6. The summed E-state index contributed by atoms with van der Waals surface area (Å²) in [5.41, 5.74) is 2.09. The Balaban J connectivity index is 0.000000226. The number of thioether (sulfide) groups is 1. The van der Waals surface area contributed by atoms with Gasteiger partial charge in [0.15, 0.2) is 0 Å². The molecule has 5 rings (SSSR count). The highest BCUT2D eigenvalue weighted by Gasteiger charge is 2.39. The fraction of sp³-hybridized carbons (Fsp3) is 0.531. The standard InChI is InChI=1S/C20H19NO4S.C12H23N/c1-13(12-26-20(25)14-7-3-2-4-8-14)18(22)21-16-10-6-5-9-15(16)11-17(21)19(23)24;1-3-7-11(8-4-1)13-12-9-5-2-6-10-12/h2-10,13,17H,11-12H2,1H3,(H,23,24);11-13H,1-10H2/t13-,17+;/m1./s1. The zero-order valence-corrected chi connectivity index (χ0v) is 23.8. The van der Waals surface area contributed by atoms with Crippen molar-refractivity contribution < 1.29 is 19.5 Å². The van der Waals surface area contributed by atoms with Gasteiger partial charge in [0.05, 0.1) is 0 Å². The number of para-hydroxylation sites is 1. The number of benzene rings is 2. The summed E-state index contributed by atoms with van der Waals surface area (Å²) >= 11 is 1.08. The summed E-state index contributed by atoms with van der Waals surface area (Å²) in [5.74, 6) is -1.46. The monoisotopic (exact) mass is 550 g/mol. The van der Waals surface area contributed by atoms with Gasteiger partial charge in [-0.05, 0) is 37.3 Å². The van der Waals surface area contributed by atoms with Crippen LogP contribution in [0.4, 0.5) is 5.69 Å². The van der Waals surface area contributed by atoms with Gasteiger partial charge < -0.3 is 10.4 Å². The summed E-state index contributed by atoms with van der Waals surface area (Å²) in [6.07, 6.45) is 14.9. The number of carboxylic acid groups (broad SMARTS) is 1. The molecule has 2 aliphatic carbocycles. The minimum Gasteiger partial charge on any atom is -0.480 e. The number of nitrogens with zero attached hydrogens (tertiary/aromatic N) is 1.